The smallest absolute Gasteiger partial charge is 0.410 e. The number of alkyl carbamates (subject to hydrolysis) is 1. The van der Waals surface area contributed by atoms with Gasteiger partial charge in [-0.15, -0.1) is 18.2 Å². The SMILES string of the molecule is C=C[C@@H]1C[C@]1(NC(=O)[C@@H]1C[C@@H](OC(=O)N2Cc3cccc(F)c3C2)CN1C(=O)[C@H](CNC(=O)C(Cl)c1ccccc1)NC(=O)OC(C)(C)C)C(=O)NS(=O)(=O)C1CC1. The zero-order valence-corrected chi connectivity index (χ0v) is 33.7. The minimum Gasteiger partial charge on any atom is -0.444 e. The predicted octanol–water partition coefficient (Wildman–Crippen LogP) is 2.91. The van der Waals surface area contributed by atoms with Crippen molar-refractivity contribution in [1.29, 1.82) is 0 Å². The molecule has 0 radical (unpaired) electrons. The lowest BCUT2D eigenvalue weighted by atomic mass is 10.1. The Labute approximate surface area is 340 Å². The number of fused-ring (bicyclic) bond motifs is 1. The van der Waals surface area contributed by atoms with Crippen LogP contribution in [0.2, 0.25) is 0 Å². The summed E-state index contributed by atoms with van der Waals surface area (Å²) in [6.07, 6.45) is -1.04. The molecule has 2 saturated carbocycles. The molecule has 1 unspecified atom stereocenters. The summed E-state index contributed by atoms with van der Waals surface area (Å²) in [5.41, 5.74) is -1.30. The molecule has 0 bridgehead atoms. The number of likely N-dealkylation sites (tertiary alicyclic amines) is 1. The van der Waals surface area contributed by atoms with E-state index >= 15 is 0 Å². The van der Waals surface area contributed by atoms with Crippen molar-refractivity contribution in [2.75, 3.05) is 13.1 Å². The number of amides is 6. The average molecular weight is 845 g/mol. The summed E-state index contributed by atoms with van der Waals surface area (Å²) in [6.45, 7) is 7.62. The van der Waals surface area contributed by atoms with E-state index in [9.17, 15) is 41.6 Å². The Balaban J connectivity index is 1.24. The van der Waals surface area contributed by atoms with E-state index < -0.39 is 104 Å². The molecule has 6 atom stereocenters. The molecular formula is C39H46ClFN6O10S. The van der Waals surface area contributed by atoms with E-state index in [-0.39, 0.29) is 32.5 Å². The molecule has 2 aromatic rings. The first-order valence-electron chi connectivity index (χ1n) is 18.8. The van der Waals surface area contributed by atoms with Gasteiger partial charge in [0.1, 0.15) is 40.5 Å². The summed E-state index contributed by atoms with van der Waals surface area (Å²) < 4.78 is 53.1. The molecule has 2 aliphatic carbocycles. The zero-order valence-electron chi connectivity index (χ0n) is 32.2. The lowest BCUT2D eigenvalue weighted by Crippen LogP contribution is -2.60. The molecule has 16 nitrogen and oxygen atoms in total. The highest BCUT2D eigenvalue weighted by Crippen LogP contribution is 2.45. The number of alkyl halides is 1. The third-order valence-corrected chi connectivity index (χ3v) is 12.6. The van der Waals surface area contributed by atoms with Crippen LogP contribution in [0.5, 0.6) is 0 Å². The number of hydrogen-bond acceptors (Lipinski definition) is 10. The molecule has 6 amide bonds. The number of halogens is 2. The van der Waals surface area contributed by atoms with Crippen molar-refractivity contribution in [3.05, 3.63) is 83.7 Å². The van der Waals surface area contributed by atoms with Crippen molar-refractivity contribution in [2.24, 2.45) is 5.92 Å². The van der Waals surface area contributed by atoms with E-state index in [4.69, 9.17) is 21.1 Å². The topological polar surface area (TPSA) is 210 Å². The Morgan fingerprint density at radius 1 is 1.05 bits per heavy atom. The van der Waals surface area contributed by atoms with Crippen LogP contribution in [0.3, 0.4) is 0 Å². The molecule has 4 N–H and O–H groups in total. The lowest BCUT2D eigenvalue weighted by molar-refractivity contribution is -0.141. The Morgan fingerprint density at radius 2 is 1.76 bits per heavy atom. The van der Waals surface area contributed by atoms with Crippen molar-refractivity contribution < 1.29 is 51.0 Å². The van der Waals surface area contributed by atoms with Gasteiger partial charge in [-0.1, -0.05) is 48.5 Å². The Morgan fingerprint density at radius 3 is 2.38 bits per heavy atom. The summed E-state index contributed by atoms with van der Waals surface area (Å²) in [4.78, 5) is 84.2. The van der Waals surface area contributed by atoms with Crippen molar-refractivity contribution in [2.45, 2.75) is 99.5 Å². The van der Waals surface area contributed by atoms with Gasteiger partial charge in [-0.05, 0) is 57.2 Å². The van der Waals surface area contributed by atoms with Gasteiger partial charge in [-0.3, -0.25) is 28.8 Å². The monoisotopic (exact) mass is 844 g/mol. The molecule has 4 aliphatic rings. The minimum absolute atomic E-state index is 0.0231. The molecule has 2 aliphatic heterocycles. The number of ether oxygens (including phenoxy) is 2. The highest BCUT2D eigenvalue weighted by molar-refractivity contribution is 7.91. The van der Waals surface area contributed by atoms with Crippen LogP contribution >= 0.6 is 11.6 Å². The van der Waals surface area contributed by atoms with Crippen LogP contribution in [0, 0.1) is 11.7 Å². The maximum atomic E-state index is 14.5. The molecule has 3 fully saturated rings. The summed E-state index contributed by atoms with van der Waals surface area (Å²) in [5, 5.41) is 5.79. The fraction of sp³-hybridized carbons (Fsp3) is 0.487. The fourth-order valence-corrected chi connectivity index (χ4v) is 8.62. The Kier molecular flexibility index (Phi) is 12.1. The van der Waals surface area contributed by atoms with E-state index in [0.29, 0.717) is 29.5 Å². The maximum absolute atomic E-state index is 14.5. The zero-order chi connectivity index (χ0) is 42.2. The fourth-order valence-electron chi connectivity index (χ4n) is 7.04. The van der Waals surface area contributed by atoms with Gasteiger partial charge >= 0.3 is 12.2 Å². The molecule has 312 valence electrons. The van der Waals surface area contributed by atoms with Crippen LogP contribution in [-0.4, -0.2) is 102 Å². The van der Waals surface area contributed by atoms with Gasteiger partial charge in [-0.25, -0.2) is 22.4 Å². The van der Waals surface area contributed by atoms with E-state index in [2.05, 4.69) is 27.3 Å². The first kappa shape index (κ1) is 42.4. The molecule has 19 heteroatoms. The summed E-state index contributed by atoms with van der Waals surface area (Å²) in [6, 6.07) is 9.89. The summed E-state index contributed by atoms with van der Waals surface area (Å²) >= 11 is 6.42. The van der Waals surface area contributed by atoms with E-state index in [1.807, 2.05) is 0 Å². The van der Waals surface area contributed by atoms with Crippen molar-refractivity contribution in [3.8, 4) is 0 Å². The predicted molar refractivity (Wildman–Crippen MR) is 206 cm³/mol. The van der Waals surface area contributed by atoms with E-state index in [1.54, 1.807) is 57.2 Å². The molecule has 1 saturated heterocycles. The third kappa shape index (κ3) is 9.55. The second-order valence-electron chi connectivity index (χ2n) is 15.9. The standard InChI is InChI=1S/C39H46ClFN6O10S/c1-5-24-17-39(24,35(51)45-58(54,55)26-14-15-26)44-32(48)30-16-25(56-37(53)46-19-23-12-9-13-28(41)27(23)21-46)20-47(30)34(50)29(43-36(52)57-38(2,3)4)18-42-33(49)31(40)22-10-7-6-8-11-22/h5-13,24-26,29-31H,1,14-21H2,2-4H3,(H,42,49)(H,43,52)(H,44,48)(H,45,51)/t24-,25-,29+,30+,31?,39-/m1/s1. The maximum Gasteiger partial charge on any atom is 0.410 e. The van der Waals surface area contributed by atoms with Gasteiger partial charge < -0.3 is 30.3 Å². The number of hydrogen-bond donors (Lipinski definition) is 4. The quantitative estimate of drug-likeness (QED) is 0.171. The van der Waals surface area contributed by atoms with Crippen molar-refractivity contribution in [1.82, 2.24) is 30.5 Å². The average Bonchev–Trinajstić information content (AvgIpc) is 4.06. The number of benzene rings is 2. The molecule has 0 aromatic heterocycles. The first-order chi connectivity index (χ1) is 27.3. The lowest BCUT2D eigenvalue weighted by Gasteiger charge is -2.30. The number of carbonyl (C=O) groups is 6. The summed E-state index contributed by atoms with van der Waals surface area (Å²) in [5.74, 6) is -4.55. The van der Waals surface area contributed by atoms with Gasteiger partial charge in [0.05, 0.1) is 18.3 Å². The number of nitrogens with one attached hydrogen (secondary N) is 4. The van der Waals surface area contributed by atoms with Gasteiger partial charge in [-0.2, -0.15) is 0 Å². The molecular weight excluding hydrogens is 799 g/mol. The van der Waals surface area contributed by atoms with Gasteiger partial charge in [0, 0.05) is 31.0 Å². The van der Waals surface area contributed by atoms with E-state index in [1.165, 1.54) is 23.1 Å². The van der Waals surface area contributed by atoms with Gasteiger partial charge in [0.15, 0.2) is 0 Å². The Hall–Kier alpha value is -5.23. The first-order valence-corrected chi connectivity index (χ1v) is 20.8. The Bertz CT molecular complexity index is 2100. The number of rotatable bonds is 13. The van der Waals surface area contributed by atoms with Crippen LogP contribution in [0.4, 0.5) is 14.0 Å². The highest BCUT2D eigenvalue weighted by atomic mass is 35.5. The largest absolute Gasteiger partial charge is 0.444 e. The molecule has 0 spiro atoms. The van der Waals surface area contributed by atoms with Crippen LogP contribution in [0.25, 0.3) is 0 Å². The molecule has 6 rings (SSSR count). The van der Waals surface area contributed by atoms with Crippen LogP contribution in [0.1, 0.15) is 68.5 Å². The normalized spacial score (nSPS) is 23.4. The second-order valence-corrected chi connectivity index (χ2v) is 18.3. The highest BCUT2D eigenvalue weighted by Gasteiger charge is 2.62. The second kappa shape index (κ2) is 16.6. The molecule has 2 aromatic carbocycles. The molecule has 58 heavy (non-hydrogen) atoms. The van der Waals surface area contributed by atoms with Crippen molar-refractivity contribution in [3.63, 3.8) is 0 Å². The van der Waals surface area contributed by atoms with E-state index in [0.717, 1.165) is 4.90 Å². The number of carbonyl (C=O) groups excluding carboxylic acids is 6. The number of sulfonamides is 1. The van der Waals surface area contributed by atoms with Crippen LogP contribution in [-0.2, 0) is 51.8 Å². The van der Waals surface area contributed by atoms with Gasteiger partial charge in [0.2, 0.25) is 27.7 Å². The minimum atomic E-state index is -4.00. The summed E-state index contributed by atoms with van der Waals surface area (Å²) in [7, 11) is -4.00. The van der Waals surface area contributed by atoms with Crippen LogP contribution in [0.15, 0.2) is 61.2 Å². The van der Waals surface area contributed by atoms with Gasteiger partial charge in [0.25, 0.3) is 5.91 Å². The van der Waals surface area contributed by atoms with Crippen LogP contribution < -0.4 is 20.7 Å². The number of nitrogens with zero attached hydrogens (tertiary/aromatic N) is 2. The molecule has 2 heterocycles. The third-order valence-electron chi connectivity index (χ3n) is 10.3. The van der Waals surface area contributed by atoms with Crippen molar-refractivity contribution >= 4 is 57.4 Å².